The van der Waals surface area contributed by atoms with E-state index in [4.69, 9.17) is 0 Å². The van der Waals surface area contributed by atoms with Crippen LogP contribution in [0.15, 0.2) is 24.6 Å². The standard InChI is InChI=1S/C13H26N2/c1-7-9-12(3)14(5)11-15(6)13(4)10-8-2/h3-4,7-11H2,1-2,5-6H3. The van der Waals surface area contributed by atoms with E-state index in [1.165, 1.54) is 11.4 Å². The minimum atomic E-state index is 0.887. The number of rotatable bonds is 8. The summed E-state index contributed by atoms with van der Waals surface area (Å²) in [6.45, 7) is 13.4. The predicted molar refractivity (Wildman–Crippen MR) is 68.5 cm³/mol. The number of hydrogen-bond acceptors (Lipinski definition) is 2. The Morgan fingerprint density at radius 2 is 1.20 bits per heavy atom. The van der Waals surface area contributed by atoms with Crippen LogP contribution in [-0.4, -0.2) is 30.6 Å². The van der Waals surface area contributed by atoms with Crippen LogP contribution in [0.5, 0.6) is 0 Å². The first-order valence-electron chi connectivity index (χ1n) is 5.80. The van der Waals surface area contributed by atoms with Crippen LogP contribution in [0, 0.1) is 0 Å². The van der Waals surface area contributed by atoms with Crippen molar-refractivity contribution >= 4 is 0 Å². The van der Waals surface area contributed by atoms with Crippen LogP contribution in [0.1, 0.15) is 39.5 Å². The highest BCUT2D eigenvalue weighted by molar-refractivity contribution is 4.96. The molecule has 0 amide bonds. The normalized spacial score (nSPS) is 9.87. The van der Waals surface area contributed by atoms with E-state index in [0.717, 1.165) is 32.4 Å². The van der Waals surface area contributed by atoms with E-state index in [1.807, 2.05) is 0 Å². The zero-order valence-electron chi connectivity index (χ0n) is 10.8. The zero-order chi connectivity index (χ0) is 11.8. The smallest absolute Gasteiger partial charge is 0.0890 e. The summed E-state index contributed by atoms with van der Waals surface area (Å²) in [5, 5.41) is 0. The Morgan fingerprint density at radius 1 is 0.867 bits per heavy atom. The molecule has 2 nitrogen and oxygen atoms in total. The van der Waals surface area contributed by atoms with E-state index in [0.29, 0.717) is 0 Å². The second-order valence-electron chi connectivity index (χ2n) is 4.17. The Labute approximate surface area is 95.3 Å². The third kappa shape index (κ3) is 5.50. The zero-order valence-corrected chi connectivity index (χ0v) is 10.8. The molecule has 0 bridgehead atoms. The number of hydrogen-bond donors (Lipinski definition) is 0. The molecule has 0 aromatic heterocycles. The number of allylic oxidation sites excluding steroid dienone is 2. The van der Waals surface area contributed by atoms with Gasteiger partial charge in [0.15, 0.2) is 0 Å². The lowest BCUT2D eigenvalue weighted by Crippen LogP contribution is -2.31. The molecular formula is C13H26N2. The SMILES string of the molecule is C=C(CCC)N(C)CN(C)C(=C)CCC. The first-order chi connectivity index (χ1) is 7.02. The molecule has 0 heterocycles. The molecule has 0 N–H and O–H groups in total. The van der Waals surface area contributed by atoms with Crippen LogP contribution >= 0.6 is 0 Å². The van der Waals surface area contributed by atoms with Gasteiger partial charge in [0.2, 0.25) is 0 Å². The lowest BCUT2D eigenvalue weighted by molar-refractivity contribution is 0.247. The molecule has 0 saturated carbocycles. The fourth-order valence-corrected chi connectivity index (χ4v) is 1.48. The van der Waals surface area contributed by atoms with Gasteiger partial charge in [0.1, 0.15) is 0 Å². The van der Waals surface area contributed by atoms with Crippen LogP contribution in [0.4, 0.5) is 0 Å². The first-order valence-corrected chi connectivity index (χ1v) is 5.80. The second-order valence-corrected chi connectivity index (χ2v) is 4.17. The van der Waals surface area contributed by atoms with Crippen molar-refractivity contribution in [3.63, 3.8) is 0 Å². The highest BCUT2D eigenvalue weighted by atomic mass is 15.3. The summed E-state index contributed by atoms with van der Waals surface area (Å²) < 4.78 is 0. The molecule has 0 radical (unpaired) electrons. The van der Waals surface area contributed by atoms with Gasteiger partial charge in [0, 0.05) is 25.5 Å². The van der Waals surface area contributed by atoms with Crippen molar-refractivity contribution in [3.8, 4) is 0 Å². The third-order valence-electron chi connectivity index (χ3n) is 2.58. The Bertz CT molecular complexity index is 187. The van der Waals surface area contributed by atoms with E-state index in [9.17, 15) is 0 Å². The maximum atomic E-state index is 4.07. The molecule has 0 aliphatic heterocycles. The van der Waals surface area contributed by atoms with E-state index >= 15 is 0 Å². The molecule has 0 atom stereocenters. The van der Waals surface area contributed by atoms with Gasteiger partial charge in [-0.1, -0.05) is 39.8 Å². The Kier molecular flexibility index (Phi) is 6.93. The van der Waals surface area contributed by atoms with Crippen LogP contribution in [0.2, 0.25) is 0 Å². The summed E-state index contributed by atoms with van der Waals surface area (Å²) in [4.78, 5) is 4.40. The fraction of sp³-hybridized carbons (Fsp3) is 0.692. The van der Waals surface area contributed by atoms with E-state index < -0.39 is 0 Å². The predicted octanol–water partition coefficient (Wildman–Crippen LogP) is 3.44. The third-order valence-corrected chi connectivity index (χ3v) is 2.58. The molecule has 0 spiro atoms. The van der Waals surface area contributed by atoms with Crippen molar-refractivity contribution in [2.24, 2.45) is 0 Å². The molecule has 0 fully saturated rings. The van der Waals surface area contributed by atoms with Crippen molar-refractivity contribution in [1.29, 1.82) is 0 Å². The summed E-state index contributed by atoms with van der Waals surface area (Å²) >= 11 is 0. The lowest BCUT2D eigenvalue weighted by atomic mass is 10.2. The molecule has 88 valence electrons. The maximum absolute atomic E-state index is 4.07. The molecule has 0 aromatic carbocycles. The highest BCUT2D eigenvalue weighted by Gasteiger charge is 2.06. The summed E-state index contributed by atoms with van der Waals surface area (Å²) in [7, 11) is 4.18. The van der Waals surface area contributed by atoms with Crippen LogP contribution < -0.4 is 0 Å². The molecule has 0 unspecified atom stereocenters. The van der Waals surface area contributed by atoms with Gasteiger partial charge in [0.25, 0.3) is 0 Å². The second kappa shape index (κ2) is 7.38. The molecule has 0 aliphatic rings. The highest BCUT2D eigenvalue weighted by Crippen LogP contribution is 2.11. The van der Waals surface area contributed by atoms with E-state index in [2.05, 4.69) is 50.9 Å². The van der Waals surface area contributed by atoms with Gasteiger partial charge in [-0.3, -0.25) is 0 Å². The van der Waals surface area contributed by atoms with Crippen molar-refractivity contribution in [2.45, 2.75) is 39.5 Å². The quantitative estimate of drug-likeness (QED) is 0.566. The summed E-state index contributed by atoms with van der Waals surface area (Å²) in [5.74, 6) is 0. The molecule has 2 heteroatoms. The van der Waals surface area contributed by atoms with Gasteiger partial charge in [-0.05, 0) is 12.8 Å². The van der Waals surface area contributed by atoms with Crippen molar-refractivity contribution in [1.82, 2.24) is 9.80 Å². The van der Waals surface area contributed by atoms with Gasteiger partial charge in [-0.2, -0.15) is 0 Å². The van der Waals surface area contributed by atoms with Crippen molar-refractivity contribution in [2.75, 3.05) is 20.8 Å². The molecule has 0 rings (SSSR count). The molecule has 0 aliphatic carbocycles. The topological polar surface area (TPSA) is 6.48 Å². The Morgan fingerprint density at radius 3 is 1.47 bits per heavy atom. The van der Waals surface area contributed by atoms with Crippen molar-refractivity contribution in [3.05, 3.63) is 24.6 Å². The molecule has 0 aromatic rings. The van der Waals surface area contributed by atoms with Gasteiger partial charge in [0.05, 0.1) is 6.67 Å². The summed E-state index contributed by atoms with van der Waals surface area (Å²) in [6.07, 6.45) is 4.46. The van der Waals surface area contributed by atoms with E-state index in [1.54, 1.807) is 0 Å². The fourth-order valence-electron chi connectivity index (χ4n) is 1.48. The Balaban J connectivity index is 3.99. The first kappa shape index (κ1) is 14.1. The monoisotopic (exact) mass is 210 g/mol. The summed E-state index contributed by atoms with van der Waals surface area (Å²) in [6, 6.07) is 0. The van der Waals surface area contributed by atoms with E-state index in [-0.39, 0.29) is 0 Å². The molecule has 15 heavy (non-hydrogen) atoms. The average molecular weight is 210 g/mol. The molecule has 0 saturated heterocycles. The average Bonchev–Trinajstić information content (AvgIpc) is 2.18. The number of nitrogens with zero attached hydrogens (tertiary/aromatic N) is 2. The van der Waals surface area contributed by atoms with Gasteiger partial charge >= 0.3 is 0 Å². The maximum Gasteiger partial charge on any atom is 0.0890 e. The molecular weight excluding hydrogens is 184 g/mol. The van der Waals surface area contributed by atoms with Gasteiger partial charge in [-0.25, -0.2) is 0 Å². The van der Waals surface area contributed by atoms with Gasteiger partial charge < -0.3 is 9.80 Å². The summed E-state index contributed by atoms with van der Waals surface area (Å²) in [5.41, 5.74) is 2.40. The largest absolute Gasteiger partial charge is 0.361 e. The minimum Gasteiger partial charge on any atom is -0.361 e. The Hall–Kier alpha value is -0.920. The minimum absolute atomic E-state index is 0.887. The van der Waals surface area contributed by atoms with Crippen LogP contribution in [0.25, 0.3) is 0 Å². The van der Waals surface area contributed by atoms with Crippen LogP contribution in [-0.2, 0) is 0 Å². The van der Waals surface area contributed by atoms with Crippen molar-refractivity contribution < 1.29 is 0 Å². The van der Waals surface area contributed by atoms with Crippen LogP contribution in [0.3, 0.4) is 0 Å². The van der Waals surface area contributed by atoms with Gasteiger partial charge in [-0.15, -0.1) is 0 Å². The lowest BCUT2D eigenvalue weighted by Gasteiger charge is -2.30.